The average molecular weight is 402 g/mol. The Hall–Kier alpha value is -3.40. The largest absolute Gasteiger partial charge is 0.332 e. The standard InChI is InChI=1S/C18H18N4O5S/c1-3-11(2)15-6-4-5-7-16(15)19-18(28)20-17(23)12-8-13(21(24)25)10-14(9-12)22(26)27/h4-11H,3H2,1-2H3,(H2,19,20,23,28). The second-order valence-corrected chi connectivity index (χ2v) is 6.47. The van der Waals surface area contributed by atoms with Gasteiger partial charge in [0.05, 0.1) is 21.5 Å². The minimum absolute atomic E-state index is 0.0186. The summed E-state index contributed by atoms with van der Waals surface area (Å²) < 4.78 is 0. The van der Waals surface area contributed by atoms with Crippen molar-refractivity contribution in [1.82, 2.24) is 5.32 Å². The van der Waals surface area contributed by atoms with E-state index in [-0.39, 0.29) is 16.6 Å². The van der Waals surface area contributed by atoms with Crippen molar-refractivity contribution in [3.63, 3.8) is 0 Å². The number of non-ortho nitro benzene ring substituents is 2. The average Bonchev–Trinajstić information content (AvgIpc) is 2.67. The molecule has 10 heteroatoms. The summed E-state index contributed by atoms with van der Waals surface area (Å²) in [4.78, 5) is 32.7. The molecule has 0 saturated heterocycles. The van der Waals surface area contributed by atoms with Gasteiger partial charge in [0.15, 0.2) is 5.11 Å². The van der Waals surface area contributed by atoms with Gasteiger partial charge in [-0.3, -0.25) is 30.3 Å². The maximum atomic E-state index is 12.4. The lowest BCUT2D eigenvalue weighted by Crippen LogP contribution is -2.34. The van der Waals surface area contributed by atoms with Gasteiger partial charge in [0.2, 0.25) is 0 Å². The fraction of sp³-hybridized carbons (Fsp3) is 0.222. The SMILES string of the molecule is CCC(C)c1ccccc1NC(=S)NC(=O)c1cc([N+](=O)[O-])cc([N+](=O)[O-])c1. The number of nitrogens with one attached hydrogen (secondary N) is 2. The van der Waals surface area contributed by atoms with Gasteiger partial charge in [-0.1, -0.05) is 32.0 Å². The van der Waals surface area contributed by atoms with Crippen LogP contribution in [0.5, 0.6) is 0 Å². The molecule has 0 aliphatic rings. The van der Waals surface area contributed by atoms with Crippen LogP contribution in [0.4, 0.5) is 17.1 Å². The van der Waals surface area contributed by atoms with Crippen LogP contribution in [0.3, 0.4) is 0 Å². The molecule has 0 aliphatic carbocycles. The molecule has 0 radical (unpaired) electrons. The van der Waals surface area contributed by atoms with Gasteiger partial charge in [0, 0.05) is 17.8 Å². The first-order chi connectivity index (χ1) is 13.2. The molecular formula is C18H18N4O5S. The number of hydrogen-bond acceptors (Lipinski definition) is 6. The lowest BCUT2D eigenvalue weighted by Gasteiger charge is -2.17. The molecule has 1 amide bonds. The summed E-state index contributed by atoms with van der Waals surface area (Å²) in [6.45, 7) is 4.11. The molecular weight excluding hydrogens is 384 g/mol. The van der Waals surface area contributed by atoms with E-state index in [0.29, 0.717) is 0 Å². The minimum atomic E-state index is -0.803. The van der Waals surface area contributed by atoms with Crippen LogP contribution < -0.4 is 10.6 Å². The van der Waals surface area contributed by atoms with E-state index in [0.717, 1.165) is 35.9 Å². The summed E-state index contributed by atoms with van der Waals surface area (Å²) in [5, 5.41) is 27.2. The van der Waals surface area contributed by atoms with Crippen molar-refractivity contribution in [3.8, 4) is 0 Å². The molecule has 2 rings (SSSR count). The molecule has 2 aromatic carbocycles. The second kappa shape index (κ2) is 9.00. The predicted octanol–water partition coefficient (Wildman–Crippen LogP) is 4.14. The number of hydrogen-bond donors (Lipinski definition) is 2. The molecule has 0 aliphatic heterocycles. The summed E-state index contributed by atoms with van der Waals surface area (Å²) in [7, 11) is 0. The molecule has 1 unspecified atom stereocenters. The number of amides is 1. The van der Waals surface area contributed by atoms with Crippen LogP contribution in [0.1, 0.15) is 42.1 Å². The highest BCUT2D eigenvalue weighted by Gasteiger charge is 2.20. The molecule has 0 spiro atoms. The van der Waals surface area contributed by atoms with E-state index in [1.165, 1.54) is 0 Å². The van der Waals surface area contributed by atoms with Crippen molar-refractivity contribution in [1.29, 1.82) is 0 Å². The zero-order valence-electron chi connectivity index (χ0n) is 15.2. The quantitative estimate of drug-likeness (QED) is 0.422. The van der Waals surface area contributed by atoms with Crippen LogP contribution in [-0.2, 0) is 0 Å². The Bertz CT molecular complexity index is 915. The fourth-order valence-corrected chi connectivity index (χ4v) is 2.73. The zero-order chi connectivity index (χ0) is 20.8. The van der Waals surface area contributed by atoms with Crippen molar-refractivity contribution in [2.24, 2.45) is 0 Å². The van der Waals surface area contributed by atoms with Gasteiger partial charge >= 0.3 is 0 Å². The van der Waals surface area contributed by atoms with E-state index in [1.54, 1.807) is 0 Å². The normalized spacial score (nSPS) is 11.4. The highest BCUT2D eigenvalue weighted by atomic mass is 32.1. The van der Waals surface area contributed by atoms with E-state index in [4.69, 9.17) is 12.2 Å². The number of para-hydroxylation sites is 1. The third-order valence-corrected chi connectivity index (χ3v) is 4.37. The number of nitro groups is 2. The first-order valence-corrected chi connectivity index (χ1v) is 8.78. The van der Waals surface area contributed by atoms with Gasteiger partial charge in [-0.25, -0.2) is 0 Å². The van der Waals surface area contributed by atoms with Crippen molar-refractivity contribution >= 4 is 40.3 Å². The Morgan fingerprint density at radius 1 is 1.11 bits per heavy atom. The first kappa shape index (κ1) is 20.9. The summed E-state index contributed by atoms with van der Waals surface area (Å²) in [6.07, 6.45) is 0.912. The van der Waals surface area contributed by atoms with Crippen LogP contribution >= 0.6 is 12.2 Å². The molecule has 9 nitrogen and oxygen atoms in total. The van der Waals surface area contributed by atoms with Gasteiger partial charge in [0.1, 0.15) is 0 Å². The fourth-order valence-electron chi connectivity index (χ4n) is 2.53. The van der Waals surface area contributed by atoms with E-state index in [9.17, 15) is 25.0 Å². The Morgan fingerprint density at radius 3 is 2.21 bits per heavy atom. The van der Waals surface area contributed by atoms with Gasteiger partial charge in [-0.15, -0.1) is 0 Å². The number of anilines is 1. The number of nitrogens with zero attached hydrogens (tertiary/aromatic N) is 2. The van der Waals surface area contributed by atoms with Crippen LogP contribution in [0, 0.1) is 20.2 Å². The Balaban J connectivity index is 2.21. The van der Waals surface area contributed by atoms with Gasteiger partial charge in [0.25, 0.3) is 17.3 Å². The summed E-state index contributed by atoms with van der Waals surface area (Å²) >= 11 is 5.15. The van der Waals surface area contributed by atoms with Crippen LogP contribution in [0.2, 0.25) is 0 Å². The van der Waals surface area contributed by atoms with Gasteiger partial charge in [-0.2, -0.15) is 0 Å². The topological polar surface area (TPSA) is 127 Å². The molecule has 28 heavy (non-hydrogen) atoms. The van der Waals surface area contributed by atoms with Crippen molar-refractivity contribution in [3.05, 3.63) is 73.8 Å². The molecule has 2 aromatic rings. The zero-order valence-corrected chi connectivity index (χ0v) is 16.0. The highest BCUT2D eigenvalue weighted by molar-refractivity contribution is 7.80. The molecule has 2 N–H and O–H groups in total. The number of benzene rings is 2. The molecule has 1 atom stereocenters. The van der Waals surface area contributed by atoms with Crippen molar-refractivity contribution in [2.75, 3.05) is 5.32 Å². The van der Waals surface area contributed by atoms with E-state index < -0.39 is 27.1 Å². The smallest absolute Gasteiger partial charge is 0.277 e. The number of rotatable bonds is 6. The third kappa shape index (κ3) is 5.07. The number of carbonyl (C=O) groups excluding carboxylic acids is 1. The van der Waals surface area contributed by atoms with Crippen LogP contribution in [0.25, 0.3) is 0 Å². The first-order valence-electron chi connectivity index (χ1n) is 8.38. The molecule has 0 heterocycles. The van der Waals surface area contributed by atoms with Crippen LogP contribution in [-0.4, -0.2) is 20.9 Å². The maximum Gasteiger partial charge on any atom is 0.277 e. The Kier molecular flexibility index (Phi) is 6.72. The van der Waals surface area contributed by atoms with E-state index in [2.05, 4.69) is 24.5 Å². The maximum absolute atomic E-state index is 12.4. The van der Waals surface area contributed by atoms with Crippen molar-refractivity contribution < 1.29 is 14.6 Å². The molecule has 146 valence electrons. The van der Waals surface area contributed by atoms with Gasteiger partial charge in [-0.05, 0) is 36.2 Å². The number of thiocarbonyl (C=S) groups is 1. The number of carbonyl (C=O) groups is 1. The second-order valence-electron chi connectivity index (χ2n) is 6.06. The lowest BCUT2D eigenvalue weighted by molar-refractivity contribution is -0.394. The molecule has 0 saturated carbocycles. The van der Waals surface area contributed by atoms with Crippen molar-refractivity contribution in [2.45, 2.75) is 26.2 Å². The summed E-state index contributed by atoms with van der Waals surface area (Å²) in [5.74, 6) is -0.521. The highest BCUT2D eigenvalue weighted by Crippen LogP contribution is 2.26. The van der Waals surface area contributed by atoms with Crippen LogP contribution in [0.15, 0.2) is 42.5 Å². The predicted molar refractivity (Wildman–Crippen MR) is 109 cm³/mol. The molecule has 0 bridgehead atoms. The van der Waals surface area contributed by atoms with E-state index >= 15 is 0 Å². The monoisotopic (exact) mass is 402 g/mol. The van der Waals surface area contributed by atoms with E-state index in [1.807, 2.05) is 24.3 Å². The van der Waals surface area contributed by atoms with Gasteiger partial charge < -0.3 is 5.32 Å². The summed E-state index contributed by atoms with van der Waals surface area (Å²) in [5.41, 5.74) is 0.403. The third-order valence-electron chi connectivity index (χ3n) is 4.17. The Labute approximate surface area is 166 Å². The molecule has 0 fully saturated rings. The lowest BCUT2D eigenvalue weighted by atomic mass is 9.97. The number of nitro benzene ring substituents is 2. The molecule has 0 aromatic heterocycles. The minimum Gasteiger partial charge on any atom is -0.332 e. The Morgan fingerprint density at radius 2 is 1.68 bits per heavy atom. The summed E-state index contributed by atoms with van der Waals surface area (Å²) in [6, 6.07) is 10.2.